The van der Waals surface area contributed by atoms with Gasteiger partial charge < -0.3 is 14.4 Å². The number of carbonyl (C=O) groups excluding carboxylic acids is 1. The molecule has 1 aromatic heterocycles. The van der Waals surface area contributed by atoms with Gasteiger partial charge in [0.1, 0.15) is 5.69 Å². The molecule has 0 saturated heterocycles. The summed E-state index contributed by atoms with van der Waals surface area (Å²) in [4.78, 5) is 22.0. The second kappa shape index (κ2) is 9.76. The van der Waals surface area contributed by atoms with E-state index in [1.807, 2.05) is 41.8 Å². The van der Waals surface area contributed by atoms with E-state index in [-0.39, 0.29) is 6.54 Å². The van der Waals surface area contributed by atoms with Crippen molar-refractivity contribution in [2.75, 3.05) is 18.0 Å². The lowest BCUT2D eigenvalue weighted by Crippen LogP contribution is -2.35. The average molecular weight is 485 g/mol. The minimum atomic E-state index is -4.35. The summed E-state index contributed by atoms with van der Waals surface area (Å²) in [7, 11) is 0. The molecule has 5 nitrogen and oxygen atoms in total. The van der Waals surface area contributed by atoms with Crippen molar-refractivity contribution >= 4 is 17.5 Å². The number of hydrogen-bond acceptors (Lipinski definition) is 3. The minimum absolute atomic E-state index is 0.110. The van der Waals surface area contributed by atoms with Gasteiger partial charge in [0.05, 0.1) is 12.1 Å². The third kappa shape index (κ3) is 5.21. The Kier molecular flexibility index (Phi) is 6.92. The molecule has 0 saturated carbocycles. The SMILES string of the molecule is CCc1nc2n(c1C(=O)N(CCC(F)(F)F)Cc1ccccc1)CCN2c1c(C)cc(C)cc1C. The number of carbonyl (C=O) groups is 1. The number of anilines is 2. The first-order chi connectivity index (χ1) is 16.6. The summed E-state index contributed by atoms with van der Waals surface area (Å²) < 4.78 is 41.2. The summed E-state index contributed by atoms with van der Waals surface area (Å²) in [5.74, 6) is 0.267. The Morgan fingerprint density at radius 1 is 1.06 bits per heavy atom. The van der Waals surface area contributed by atoms with Crippen LogP contribution in [0.15, 0.2) is 42.5 Å². The molecule has 0 atom stereocenters. The lowest BCUT2D eigenvalue weighted by molar-refractivity contribution is -0.136. The van der Waals surface area contributed by atoms with Gasteiger partial charge in [-0.1, -0.05) is 55.0 Å². The first kappa shape index (κ1) is 24.8. The van der Waals surface area contributed by atoms with Gasteiger partial charge in [-0.3, -0.25) is 4.79 Å². The normalized spacial score (nSPS) is 13.3. The van der Waals surface area contributed by atoms with Crippen LogP contribution >= 0.6 is 0 Å². The van der Waals surface area contributed by atoms with Crippen LogP contribution in [0.4, 0.5) is 24.8 Å². The van der Waals surface area contributed by atoms with Crippen LogP contribution in [-0.4, -0.2) is 39.6 Å². The number of imidazole rings is 1. The summed E-state index contributed by atoms with van der Waals surface area (Å²) in [5.41, 5.74) is 6.29. The van der Waals surface area contributed by atoms with E-state index in [0.29, 0.717) is 36.8 Å². The Bertz CT molecular complexity index is 1190. The Labute approximate surface area is 204 Å². The van der Waals surface area contributed by atoms with Gasteiger partial charge in [0, 0.05) is 31.9 Å². The number of amides is 1. The molecule has 0 N–H and O–H groups in total. The van der Waals surface area contributed by atoms with Gasteiger partial charge in [-0.2, -0.15) is 13.2 Å². The lowest BCUT2D eigenvalue weighted by Gasteiger charge is -2.24. The van der Waals surface area contributed by atoms with Crippen molar-refractivity contribution in [3.8, 4) is 0 Å². The maximum absolute atomic E-state index is 13.8. The molecule has 4 rings (SSSR count). The van der Waals surface area contributed by atoms with Crippen molar-refractivity contribution in [2.24, 2.45) is 0 Å². The number of aromatic nitrogens is 2. The number of alkyl halides is 3. The molecule has 3 aromatic rings. The van der Waals surface area contributed by atoms with E-state index in [0.717, 1.165) is 22.4 Å². The zero-order valence-corrected chi connectivity index (χ0v) is 20.6. The van der Waals surface area contributed by atoms with E-state index in [9.17, 15) is 18.0 Å². The molecule has 0 aliphatic carbocycles. The number of nitrogens with zero attached hydrogens (tertiary/aromatic N) is 4. The van der Waals surface area contributed by atoms with Crippen molar-refractivity contribution in [3.05, 3.63) is 76.1 Å². The van der Waals surface area contributed by atoms with Crippen molar-refractivity contribution in [3.63, 3.8) is 0 Å². The highest BCUT2D eigenvalue weighted by Crippen LogP contribution is 2.37. The van der Waals surface area contributed by atoms with Crippen LogP contribution in [0.1, 0.15) is 51.8 Å². The van der Waals surface area contributed by atoms with Gasteiger partial charge in [0.25, 0.3) is 5.91 Å². The van der Waals surface area contributed by atoms with Gasteiger partial charge >= 0.3 is 6.18 Å². The second-order valence-electron chi connectivity index (χ2n) is 9.19. The molecule has 0 radical (unpaired) electrons. The maximum atomic E-state index is 13.8. The Balaban J connectivity index is 1.72. The molecule has 1 amide bonds. The average Bonchev–Trinajstić information content (AvgIpc) is 3.35. The van der Waals surface area contributed by atoms with Gasteiger partial charge in [-0.05, 0) is 43.9 Å². The molecule has 8 heteroatoms. The van der Waals surface area contributed by atoms with E-state index in [1.165, 1.54) is 10.5 Å². The smallest absolute Gasteiger partial charge is 0.333 e. The molecule has 1 aliphatic heterocycles. The van der Waals surface area contributed by atoms with Crippen LogP contribution in [0.3, 0.4) is 0 Å². The summed E-state index contributed by atoms with van der Waals surface area (Å²) in [6, 6.07) is 13.4. The molecule has 0 spiro atoms. The number of hydrogen-bond donors (Lipinski definition) is 0. The maximum Gasteiger partial charge on any atom is 0.390 e. The number of aryl methyl sites for hydroxylation is 4. The molecule has 35 heavy (non-hydrogen) atoms. The first-order valence-electron chi connectivity index (χ1n) is 11.9. The predicted molar refractivity (Wildman–Crippen MR) is 131 cm³/mol. The summed E-state index contributed by atoms with van der Waals surface area (Å²) >= 11 is 0. The Hall–Kier alpha value is -3.29. The van der Waals surface area contributed by atoms with Crippen molar-refractivity contribution in [1.29, 1.82) is 0 Å². The highest BCUT2D eigenvalue weighted by atomic mass is 19.4. The molecule has 2 heterocycles. The van der Waals surface area contributed by atoms with Crippen LogP contribution < -0.4 is 4.90 Å². The van der Waals surface area contributed by atoms with E-state index in [2.05, 4.69) is 37.8 Å². The third-order valence-electron chi connectivity index (χ3n) is 6.42. The number of benzene rings is 2. The zero-order chi connectivity index (χ0) is 25.3. The van der Waals surface area contributed by atoms with Crippen molar-refractivity contribution < 1.29 is 18.0 Å². The topological polar surface area (TPSA) is 41.4 Å². The highest BCUT2D eigenvalue weighted by molar-refractivity contribution is 5.95. The number of fused-ring (bicyclic) bond motifs is 1. The Morgan fingerprint density at radius 3 is 2.31 bits per heavy atom. The van der Waals surface area contributed by atoms with E-state index >= 15 is 0 Å². The Morgan fingerprint density at radius 2 is 1.71 bits per heavy atom. The highest BCUT2D eigenvalue weighted by Gasteiger charge is 2.35. The zero-order valence-electron chi connectivity index (χ0n) is 20.6. The van der Waals surface area contributed by atoms with Crippen LogP contribution in [0, 0.1) is 20.8 Å². The quantitative estimate of drug-likeness (QED) is 0.406. The fraction of sp³-hybridized carbons (Fsp3) is 0.407. The first-order valence-corrected chi connectivity index (χ1v) is 11.9. The molecule has 1 aliphatic rings. The molecular weight excluding hydrogens is 453 g/mol. The standard InChI is InChI=1S/C27H31F3N4O/c1-5-22-24(25(35)32(12-11-27(28,29)30)17-21-9-7-6-8-10-21)34-14-13-33(26(34)31-22)23-19(3)15-18(2)16-20(23)4/h6-10,15-16H,5,11-14,17H2,1-4H3. The second-order valence-corrected chi connectivity index (χ2v) is 9.19. The fourth-order valence-corrected chi connectivity index (χ4v) is 4.97. The largest absolute Gasteiger partial charge is 0.390 e. The van der Waals surface area contributed by atoms with Crippen molar-refractivity contribution in [1.82, 2.24) is 14.5 Å². The third-order valence-corrected chi connectivity index (χ3v) is 6.42. The number of halogens is 3. The summed E-state index contributed by atoms with van der Waals surface area (Å²) in [6.45, 7) is 9.01. The van der Waals surface area contributed by atoms with Crippen LogP contribution in [0.2, 0.25) is 0 Å². The van der Waals surface area contributed by atoms with Crippen LogP contribution in [0.5, 0.6) is 0 Å². The van der Waals surface area contributed by atoms with Gasteiger partial charge in [-0.25, -0.2) is 4.98 Å². The molecule has 2 aromatic carbocycles. The predicted octanol–water partition coefficient (Wildman–Crippen LogP) is 6.12. The summed E-state index contributed by atoms with van der Waals surface area (Å²) in [5, 5.41) is 0. The van der Waals surface area contributed by atoms with Gasteiger partial charge in [0.2, 0.25) is 5.95 Å². The molecule has 0 unspecified atom stereocenters. The van der Waals surface area contributed by atoms with E-state index < -0.39 is 25.0 Å². The van der Waals surface area contributed by atoms with E-state index in [1.54, 1.807) is 0 Å². The minimum Gasteiger partial charge on any atom is -0.333 e. The van der Waals surface area contributed by atoms with Crippen LogP contribution in [0.25, 0.3) is 0 Å². The number of rotatable bonds is 7. The molecule has 0 bridgehead atoms. The fourth-order valence-electron chi connectivity index (χ4n) is 4.97. The van der Waals surface area contributed by atoms with Crippen LogP contribution in [-0.2, 0) is 19.5 Å². The monoisotopic (exact) mass is 484 g/mol. The van der Waals surface area contributed by atoms with E-state index in [4.69, 9.17) is 4.98 Å². The van der Waals surface area contributed by atoms with Gasteiger partial charge in [-0.15, -0.1) is 0 Å². The summed E-state index contributed by atoms with van der Waals surface area (Å²) in [6.07, 6.45) is -4.89. The van der Waals surface area contributed by atoms with Gasteiger partial charge in [0.15, 0.2) is 0 Å². The molecular formula is C27H31F3N4O. The molecule has 186 valence electrons. The van der Waals surface area contributed by atoms with Crippen molar-refractivity contribution in [2.45, 2.75) is 59.8 Å². The molecule has 0 fully saturated rings. The lowest BCUT2D eigenvalue weighted by atomic mass is 10.0.